The van der Waals surface area contributed by atoms with Crippen LogP contribution in [0.5, 0.6) is 0 Å². The summed E-state index contributed by atoms with van der Waals surface area (Å²) in [5.41, 5.74) is 4.35. The number of carbonyl (C=O) groups is 1. The van der Waals surface area contributed by atoms with Crippen molar-refractivity contribution in [2.24, 2.45) is 0 Å². The van der Waals surface area contributed by atoms with E-state index in [1.165, 1.54) is 0 Å². The Morgan fingerprint density at radius 1 is 1.00 bits per heavy atom. The second-order valence-corrected chi connectivity index (χ2v) is 6.39. The van der Waals surface area contributed by atoms with Crippen LogP contribution >= 0.6 is 11.6 Å². The molecule has 0 fully saturated rings. The van der Waals surface area contributed by atoms with Gasteiger partial charge in [-0.1, -0.05) is 48.0 Å². The Labute approximate surface area is 156 Å². The minimum Gasteiger partial charge on any atom is -0.326 e. The van der Waals surface area contributed by atoms with Crippen molar-refractivity contribution in [2.45, 2.75) is 6.42 Å². The molecule has 0 aliphatic rings. The van der Waals surface area contributed by atoms with E-state index in [1.807, 2.05) is 77.5 Å². The monoisotopic (exact) mass is 361 g/mol. The lowest BCUT2D eigenvalue weighted by molar-refractivity contribution is -0.115. The second-order valence-electron chi connectivity index (χ2n) is 5.99. The van der Waals surface area contributed by atoms with Gasteiger partial charge in [-0.2, -0.15) is 0 Å². The number of carbonyl (C=O) groups excluding carboxylic acids is 1. The fourth-order valence-corrected chi connectivity index (χ4v) is 3.02. The van der Waals surface area contributed by atoms with Gasteiger partial charge in [-0.05, 0) is 35.9 Å². The molecule has 2 aromatic heterocycles. The molecule has 1 N–H and O–H groups in total. The molecule has 2 aromatic carbocycles. The third-order valence-corrected chi connectivity index (χ3v) is 4.51. The first-order valence-electron chi connectivity index (χ1n) is 8.26. The number of amides is 1. The molecule has 4 aromatic rings. The van der Waals surface area contributed by atoms with Crippen molar-refractivity contribution in [2.75, 3.05) is 5.32 Å². The molecule has 5 heteroatoms. The maximum absolute atomic E-state index is 12.2. The largest absolute Gasteiger partial charge is 0.326 e. The quantitative estimate of drug-likeness (QED) is 0.565. The van der Waals surface area contributed by atoms with Gasteiger partial charge in [-0.25, -0.2) is 4.98 Å². The van der Waals surface area contributed by atoms with Gasteiger partial charge in [0.15, 0.2) is 0 Å². The van der Waals surface area contributed by atoms with Crippen molar-refractivity contribution in [1.82, 2.24) is 9.38 Å². The third-order valence-electron chi connectivity index (χ3n) is 4.14. The van der Waals surface area contributed by atoms with Crippen LogP contribution in [-0.2, 0) is 11.2 Å². The molecular formula is C21H16ClN3O. The van der Waals surface area contributed by atoms with Gasteiger partial charge >= 0.3 is 0 Å². The average molecular weight is 362 g/mol. The Bertz CT molecular complexity index is 1040. The summed E-state index contributed by atoms with van der Waals surface area (Å²) < 4.78 is 1.98. The SMILES string of the molecule is O=C(Cc1ccccc1Cl)Nc1ccc(-c2cn3ccccc3n2)cc1. The fraction of sp³-hybridized carbons (Fsp3) is 0.0476. The van der Waals surface area contributed by atoms with E-state index in [9.17, 15) is 4.79 Å². The molecule has 0 spiro atoms. The second kappa shape index (κ2) is 7.02. The first-order chi connectivity index (χ1) is 12.7. The number of aromatic nitrogens is 2. The highest BCUT2D eigenvalue weighted by Crippen LogP contribution is 2.22. The van der Waals surface area contributed by atoms with Gasteiger partial charge in [0.05, 0.1) is 12.1 Å². The summed E-state index contributed by atoms with van der Waals surface area (Å²) >= 11 is 6.10. The van der Waals surface area contributed by atoms with E-state index in [0.29, 0.717) is 5.02 Å². The number of halogens is 1. The minimum absolute atomic E-state index is 0.0985. The van der Waals surface area contributed by atoms with E-state index >= 15 is 0 Å². The molecule has 128 valence electrons. The number of fused-ring (bicyclic) bond motifs is 1. The maximum atomic E-state index is 12.2. The van der Waals surface area contributed by atoms with Crippen LogP contribution < -0.4 is 5.32 Å². The topological polar surface area (TPSA) is 46.4 Å². The van der Waals surface area contributed by atoms with Gasteiger partial charge in [-0.3, -0.25) is 4.79 Å². The van der Waals surface area contributed by atoms with Crippen LogP contribution in [0.15, 0.2) is 79.1 Å². The molecule has 0 aliphatic heterocycles. The number of nitrogens with zero attached hydrogens (tertiary/aromatic N) is 2. The van der Waals surface area contributed by atoms with Gasteiger partial charge in [0.2, 0.25) is 5.91 Å². The average Bonchev–Trinajstić information content (AvgIpc) is 3.08. The standard InChI is InChI=1S/C21H16ClN3O/c22-18-6-2-1-5-16(18)13-21(26)23-17-10-8-15(9-11-17)19-14-25-12-4-3-7-20(25)24-19/h1-12,14H,13H2,(H,23,26). The van der Waals surface area contributed by atoms with Crippen molar-refractivity contribution >= 4 is 28.8 Å². The molecule has 0 aliphatic carbocycles. The van der Waals surface area contributed by atoms with Crippen LogP contribution in [0.3, 0.4) is 0 Å². The fourth-order valence-electron chi connectivity index (χ4n) is 2.82. The maximum Gasteiger partial charge on any atom is 0.228 e. The van der Waals surface area contributed by atoms with Crippen LogP contribution in [0.25, 0.3) is 16.9 Å². The van der Waals surface area contributed by atoms with Gasteiger partial charge in [-0.15, -0.1) is 0 Å². The molecule has 4 nitrogen and oxygen atoms in total. The van der Waals surface area contributed by atoms with Crippen LogP contribution in [0.4, 0.5) is 5.69 Å². The molecule has 1 amide bonds. The number of imidazole rings is 1. The number of nitrogens with one attached hydrogen (secondary N) is 1. The normalized spacial score (nSPS) is 10.8. The van der Waals surface area contributed by atoms with Crippen molar-refractivity contribution in [3.63, 3.8) is 0 Å². The first-order valence-corrected chi connectivity index (χ1v) is 8.64. The Kier molecular flexibility index (Phi) is 4.42. The van der Waals surface area contributed by atoms with E-state index in [0.717, 1.165) is 28.2 Å². The molecule has 4 rings (SSSR count). The van der Waals surface area contributed by atoms with Gasteiger partial charge < -0.3 is 9.72 Å². The smallest absolute Gasteiger partial charge is 0.228 e. The molecule has 0 radical (unpaired) electrons. The zero-order valence-electron chi connectivity index (χ0n) is 13.9. The number of anilines is 1. The lowest BCUT2D eigenvalue weighted by atomic mass is 10.1. The molecule has 0 atom stereocenters. The number of benzene rings is 2. The lowest BCUT2D eigenvalue weighted by Crippen LogP contribution is -2.14. The van der Waals surface area contributed by atoms with E-state index < -0.39 is 0 Å². The molecule has 0 saturated heterocycles. The molecule has 2 heterocycles. The summed E-state index contributed by atoms with van der Waals surface area (Å²) in [6, 6.07) is 20.9. The van der Waals surface area contributed by atoms with Crippen molar-refractivity contribution < 1.29 is 4.79 Å². The number of pyridine rings is 1. The predicted octanol–water partition coefficient (Wildman–Crippen LogP) is 4.84. The number of hydrogen-bond donors (Lipinski definition) is 1. The Hall–Kier alpha value is -3.11. The van der Waals surface area contributed by atoms with Crippen molar-refractivity contribution in [3.8, 4) is 11.3 Å². The lowest BCUT2D eigenvalue weighted by Gasteiger charge is -2.07. The highest BCUT2D eigenvalue weighted by Gasteiger charge is 2.08. The van der Waals surface area contributed by atoms with E-state index in [1.54, 1.807) is 6.07 Å². The zero-order chi connectivity index (χ0) is 17.9. The van der Waals surface area contributed by atoms with Crippen LogP contribution in [0, 0.1) is 0 Å². The predicted molar refractivity (Wildman–Crippen MR) is 104 cm³/mol. The van der Waals surface area contributed by atoms with E-state index in [2.05, 4.69) is 10.3 Å². The van der Waals surface area contributed by atoms with E-state index in [-0.39, 0.29) is 12.3 Å². The van der Waals surface area contributed by atoms with Crippen LogP contribution in [0.1, 0.15) is 5.56 Å². The summed E-state index contributed by atoms with van der Waals surface area (Å²) in [4.78, 5) is 16.8. The summed E-state index contributed by atoms with van der Waals surface area (Å²) in [6.45, 7) is 0. The Morgan fingerprint density at radius 2 is 1.77 bits per heavy atom. The molecule has 0 unspecified atom stereocenters. The highest BCUT2D eigenvalue weighted by molar-refractivity contribution is 6.31. The van der Waals surface area contributed by atoms with Crippen LogP contribution in [0.2, 0.25) is 5.02 Å². The van der Waals surface area contributed by atoms with Crippen molar-refractivity contribution in [3.05, 3.63) is 89.7 Å². The number of rotatable bonds is 4. The van der Waals surface area contributed by atoms with Gasteiger partial charge in [0.1, 0.15) is 5.65 Å². The highest BCUT2D eigenvalue weighted by atomic mass is 35.5. The molecule has 26 heavy (non-hydrogen) atoms. The zero-order valence-corrected chi connectivity index (χ0v) is 14.6. The Morgan fingerprint density at radius 3 is 2.54 bits per heavy atom. The molecule has 0 bridgehead atoms. The van der Waals surface area contributed by atoms with Gasteiger partial charge in [0.25, 0.3) is 0 Å². The van der Waals surface area contributed by atoms with Gasteiger partial charge in [0, 0.05) is 28.7 Å². The third kappa shape index (κ3) is 3.46. The summed E-state index contributed by atoms with van der Waals surface area (Å²) in [5, 5.41) is 3.50. The molecule has 0 saturated carbocycles. The number of hydrogen-bond acceptors (Lipinski definition) is 2. The van der Waals surface area contributed by atoms with E-state index in [4.69, 9.17) is 11.6 Å². The minimum atomic E-state index is -0.0985. The summed E-state index contributed by atoms with van der Waals surface area (Å²) in [7, 11) is 0. The van der Waals surface area contributed by atoms with Crippen molar-refractivity contribution in [1.29, 1.82) is 0 Å². The Balaban J connectivity index is 1.47. The summed E-state index contributed by atoms with van der Waals surface area (Å²) in [5.74, 6) is -0.0985. The molecular weight excluding hydrogens is 346 g/mol. The van der Waals surface area contributed by atoms with Crippen LogP contribution in [-0.4, -0.2) is 15.3 Å². The first kappa shape index (κ1) is 16.4. The summed E-state index contributed by atoms with van der Waals surface area (Å²) in [6.07, 6.45) is 4.20.